The summed E-state index contributed by atoms with van der Waals surface area (Å²) in [4.78, 5) is 0. The fraction of sp³-hybridized carbons (Fsp3) is 0.130. The molecule has 0 amide bonds. The molecule has 0 unspecified atom stereocenters. The highest BCUT2D eigenvalue weighted by atomic mass is 35.5. The second-order valence-corrected chi connectivity index (χ2v) is 7.57. The third-order valence-electron chi connectivity index (χ3n) is 4.66. The first-order chi connectivity index (χ1) is 15.2. The molecule has 6 nitrogen and oxygen atoms in total. The SMILES string of the molecule is COc1cc(CNn2c(-c3ccccc3)n[nH]c2=S)cc(Cl)c1OCc1ccccc1. The minimum atomic E-state index is 0.402. The molecule has 0 saturated carbocycles. The summed E-state index contributed by atoms with van der Waals surface area (Å²) in [7, 11) is 1.60. The quantitative estimate of drug-likeness (QED) is 0.341. The number of benzene rings is 3. The van der Waals surface area contributed by atoms with Crippen LogP contribution >= 0.6 is 23.8 Å². The molecule has 0 saturated heterocycles. The summed E-state index contributed by atoms with van der Waals surface area (Å²) >= 11 is 11.9. The summed E-state index contributed by atoms with van der Waals surface area (Å²) in [5, 5.41) is 7.64. The average Bonchev–Trinajstić information content (AvgIpc) is 3.18. The van der Waals surface area contributed by atoms with Crippen LogP contribution in [0, 0.1) is 4.77 Å². The van der Waals surface area contributed by atoms with Crippen molar-refractivity contribution in [3.05, 3.63) is 93.7 Å². The minimum absolute atomic E-state index is 0.402. The smallest absolute Gasteiger partial charge is 0.214 e. The van der Waals surface area contributed by atoms with E-state index in [1.807, 2.05) is 72.8 Å². The van der Waals surface area contributed by atoms with Crippen molar-refractivity contribution < 1.29 is 9.47 Å². The number of ether oxygens (including phenoxy) is 2. The van der Waals surface area contributed by atoms with E-state index < -0.39 is 0 Å². The third kappa shape index (κ3) is 4.90. The van der Waals surface area contributed by atoms with Crippen LogP contribution in [0.3, 0.4) is 0 Å². The van der Waals surface area contributed by atoms with Crippen LogP contribution in [0.25, 0.3) is 11.4 Å². The van der Waals surface area contributed by atoms with Crippen LogP contribution in [-0.2, 0) is 13.2 Å². The van der Waals surface area contributed by atoms with Crippen LogP contribution in [0.2, 0.25) is 5.02 Å². The minimum Gasteiger partial charge on any atom is -0.493 e. The first-order valence-corrected chi connectivity index (χ1v) is 10.4. The van der Waals surface area contributed by atoms with E-state index in [-0.39, 0.29) is 0 Å². The van der Waals surface area contributed by atoms with Crippen molar-refractivity contribution in [2.45, 2.75) is 13.2 Å². The van der Waals surface area contributed by atoms with Gasteiger partial charge in [-0.15, -0.1) is 0 Å². The molecule has 0 aliphatic heterocycles. The number of hydrogen-bond donors (Lipinski definition) is 2. The molecule has 4 aromatic rings. The van der Waals surface area contributed by atoms with E-state index in [0.717, 1.165) is 16.7 Å². The zero-order valence-electron chi connectivity index (χ0n) is 16.8. The third-order valence-corrected chi connectivity index (χ3v) is 5.22. The molecule has 0 radical (unpaired) electrons. The molecule has 0 fully saturated rings. The standard InChI is InChI=1S/C23H21ClN4O2S/c1-29-20-13-17(12-19(24)21(20)30-15-16-8-4-2-5-9-16)14-25-28-22(26-27-23(28)31)18-10-6-3-7-11-18/h2-13,25H,14-15H2,1H3,(H,27,31). The Hall–Kier alpha value is -3.29. The second kappa shape index (κ2) is 9.68. The molecule has 31 heavy (non-hydrogen) atoms. The van der Waals surface area contributed by atoms with Gasteiger partial charge in [0.25, 0.3) is 0 Å². The van der Waals surface area contributed by atoms with Crippen LogP contribution in [0.5, 0.6) is 11.5 Å². The molecule has 0 atom stereocenters. The second-order valence-electron chi connectivity index (χ2n) is 6.77. The van der Waals surface area contributed by atoms with E-state index in [0.29, 0.717) is 40.3 Å². The maximum atomic E-state index is 6.52. The van der Waals surface area contributed by atoms with Gasteiger partial charge >= 0.3 is 0 Å². The van der Waals surface area contributed by atoms with Crippen LogP contribution in [-0.4, -0.2) is 22.0 Å². The number of nitrogens with zero attached hydrogens (tertiary/aromatic N) is 2. The number of rotatable bonds is 8. The number of halogens is 1. The first-order valence-electron chi connectivity index (χ1n) is 9.65. The summed E-state index contributed by atoms with van der Waals surface area (Å²) in [6, 6.07) is 23.5. The lowest BCUT2D eigenvalue weighted by Crippen LogP contribution is -2.16. The molecule has 0 spiro atoms. The van der Waals surface area contributed by atoms with E-state index in [4.69, 9.17) is 33.3 Å². The highest BCUT2D eigenvalue weighted by Gasteiger charge is 2.14. The van der Waals surface area contributed by atoms with Crippen LogP contribution in [0.1, 0.15) is 11.1 Å². The molecule has 0 aliphatic rings. The Balaban J connectivity index is 1.52. The lowest BCUT2D eigenvalue weighted by atomic mass is 10.2. The molecular formula is C23H21ClN4O2S. The fourth-order valence-corrected chi connectivity index (χ4v) is 3.62. The normalized spacial score (nSPS) is 10.6. The van der Waals surface area contributed by atoms with Crippen LogP contribution in [0.4, 0.5) is 0 Å². The summed E-state index contributed by atoms with van der Waals surface area (Å²) < 4.78 is 13.7. The Labute approximate surface area is 190 Å². The van der Waals surface area contributed by atoms with Gasteiger partial charge in [-0.3, -0.25) is 0 Å². The van der Waals surface area contributed by atoms with Gasteiger partial charge < -0.3 is 14.9 Å². The van der Waals surface area contributed by atoms with Gasteiger partial charge in [-0.2, -0.15) is 5.10 Å². The molecule has 0 aliphatic carbocycles. The zero-order chi connectivity index (χ0) is 21.6. The Morgan fingerprint density at radius 2 is 1.74 bits per heavy atom. The molecule has 8 heteroatoms. The molecule has 1 heterocycles. The van der Waals surface area contributed by atoms with Crippen molar-refractivity contribution in [3.8, 4) is 22.9 Å². The summed E-state index contributed by atoms with van der Waals surface area (Å²) in [6.45, 7) is 0.863. The molecule has 4 rings (SSSR count). The van der Waals surface area contributed by atoms with Crippen LogP contribution in [0.15, 0.2) is 72.8 Å². The summed E-state index contributed by atoms with van der Waals surface area (Å²) in [6.07, 6.45) is 0. The molecule has 3 aromatic carbocycles. The van der Waals surface area contributed by atoms with Crippen molar-refractivity contribution in [2.24, 2.45) is 0 Å². The van der Waals surface area contributed by atoms with Crippen molar-refractivity contribution in [2.75, 3.05) is 12.5 Å². The molecule has 158 valence electrons. The van der Waals surface area contributed by atoms with Crippen molar-refractivity contribution in [1.82, 2.24) is 14.9 Å². The largest absolute Gasteiger partial charge is 0.493 e. The first kappa shape index (κ1) is 21.0. The number of aromatic amines is 1. The van der Waals surface area contributed by atoms with Crippen LogP contribution < -0.4 is 14.9 Å². The maximum Gasteiger partial charge on any atom is 0.214 e. The zero-order valence-corrected chi connectivity index (χ0v) is 18.4. The summed E-state index contributed by atoms with van der Waals surface area (Å²) in [5.74, 6) is 1.78. The van der Waals surface area contributed by atoms with E-state index in [1.165, 1.54) is 0 Å². The average molecular weight is 453 g/mol. The van der Waals surface area contributed by atoms with Gasteiger partial charge in [0.05, 0.1) is 18.7 Å². The number of methoxy groups -OCH3 is 1. The molecule has 0 bridgehead atoms. The predicted molar refractivity (Wildman–Crippen MR) is 125 cm³/mol. The number of hydrogen-bond acceptors (Lipinski definition) is 5. The van der Waals surface area contributed by atoms with Crippen molar-refractivity contribution in [3.63, 3.8) is 0 Å². The number of nitrogens with one attached hydrogen (secondary N) is 2. The number of aromatic nitrogens is 3. The fourth-order valence-electron chi connectivity index (χ4n) is 3.14. The predicted octanol–water partition coefficient (Wildman–Crippen LogP) is 5.59. The van der Waals surface area contributed by atoms with Gasteiger partial charge in [0.15, 0.2) is 17.3 Å². The van der Waals surface area contributed by atoms with Gasteiger partial charge in [-0.25, -0.2) is 9.77 Å². The highest BCUT2D eigenvalue weighted by Crippen LogP contribution is 2.37. The Morgan fingerprint density at radius 3 is 2.45 bits per heavy atom. The Morgan fingerprint density at radius 1 is 1.03 bits per heavy atom. The Kier molecular flexibility index (Phi) is 6.54. The molecule has 1 aromatic heterocycles. The van der Waals surface area contributed by atoms with Crippen molar-refractivity contribution >= 4 is 23.8 Å². The monoisotopic (exact) mass is 452 g/mol. The van der Waals surface area contributed by atoms with Gasteiger partial charge in [0, 0.05) is 5.56 Å². The van der Waals surface area contributed by atoms with Gasteiger partial charge in [-0.05, 0) is 35.5 Å². The molecular weight excluding hydrogens is 432 g/mol. The van der Waals surface area contributed by atoms with Crippen molar-refractivity contribution in [1.29, 1.82) is 0 Å². The van der Waals surface area contributed by atoms with E-state index in [9.17, 15) is 0 Å². The Bertz CT molecular complexity index is 1210. The lowest BCUT2D eigenvalue weighted by molar-refractivity contribution is 0.284. The summed E-state index contributed by atoms with van der Waals surface area (Å²) in [5.41, 5.74) is 6.21. The highest BCUT2D eigenvalue weighted by molar-refractivity contribution is 7.71. The maximum absolute atomic E-state index is 6.52. The van der Waals surface area contributed by atoms with Gasteiger partial charge in [0.2, 0.25) is 4.77 Å². The van der Waals surface area contributed by atoms with Gasteiger partial charge in [0.1, 0.15) is 6.61 Å². The van der Waals surface area contributed by atoms with E-state index in [2.05, 4.69) is 15.6 Å². The van der Waals surface area contributed by atoms with Gasteiger partial charge in [-0.1, -0.05) is 72.3 Å². The van der Waals surface area contributed by atoms with E-state index in [1.54, 1.807) is 11.8 Å². The lowest BCUT2D eigenvalue weighted by Gasteiger charge is -2.15. The molecule has 2 N–H and O–H groups in total. The van der Waals surface area contributed by atoms with E-state index >= 15 is 0 Å². The number of H-pyrrole nitrogens is 1. The topological polar surface area (TPSA) is 64.1 Å².